The van der Waals surface area contributed by atoms with E-state index < -0.39 is 5.97 Å². The summed E-state index contributed by atoms with van der Waals surface area (Å²) in [4.78, 5) is 29.0. The van der Waals surface area contributed by atoms with Gasteiger partial charge in [0.05, 0.1) is 15.5 Å². The standard InChI is InChI=1S/C20H20N2O3S3/c1-3-9-22-18(23)17(28-20(22)26)15(12-16-21(4-2)10-11-27-16)13-7-5-6-8-14(13)19(24)25/h3,5-8,12H,1,4,9-11H2,2H3,(H,24,25). The summed E-state index contributed by atoms with van der Waals surface area (Å²) in [5, 5.41) is 10.7. The van der Waals surface area contributed by atoms with E-state index >= 15 is 0 Å². The van der Waals surface area contributed by atoms with Gasteiger partial charge in [-0.25, -0.2) is 4.79 Å². The van der Waals surface area contributed by atoms with Crippen molar-refractivity contribution in [3.05, 3.63) is 64.1 Å². The SMILES string of the molecule is C=CCN1C(=O)C(=C(C=C2SCCN2CC)c2ccccc2C(=O)O)SC1=S. The lowest BCUT2D eigenvalue weighted by Gasteiger charge is -2.18. The van der Waals surface area contributed by atoms with Crippen molar-refractivity contribution in [2.75, 3.05) is 25.4 Å². The third kappa shape index (κ3) is 4.04. The van der Waals surface area contributed by atoms with Gasteiger partial charge < -0.3 is 10.0 Å². The Morgan fingerprint density at radius 3 is 2.71 bits per heavy atom. The Morgan fingerprint density at radius 2 is 2.07 bits per heavy atom. The highest BCUT2D eigenvalue weighted by atomic mass is 32.2. The Morgan fingerprint density at radius 1 is 1.36 bits per heavy atom. The van der Waals surface area contributed by atoms with Gasteiger partial charge in [-0.15, -0.1) is 18.3 Å². The fourth-order valence-electron chi connectivity index (χ4n) is 3.05. The number of carbonyl (C=O) groups excluding carboxylic acids is 1. The van der Waals surface area contributed by atoms with Crippen molar-refractivity contribution in [2.24, 2.45) is 0 Å². The molecule has 0 spiro atoms. The summed E-state index contributed by atoms with van der Waals surface area (Å²) < 4.78 is 0.454. The molecule has 0 aromatic heterocycles. The zero-order valence-electron chi connectivity index (χ0n) is 15.4. The molecule has 2 fully saturated rings. The number of carboxylic acid groups (broad SMARTS) is 1. The second-order valence-corrected chi connectivity index (χ2v) is 8.84. The van der Waals surface area contributed by atoms with E-state index in [-0.39, 0.29) is 11.5 Å². The van der Waals surface area contributed by atoms with Gasteiger partial charge in [-0.05, 0) is 24.6 Å². The van der Waals surface area contributed by atoms with Gasteiger partial charge in [0.15, 0.2) is 0 Å². The van der Waals surface area contributed by atoms with Gasteiger partial charge in [0.2, 0.25) is 0 Å². The lowest BCUT2D eigenvalue weighted by atomic mass is 9.98. The van der Waals surface area contributed by atoms with Crippen molar-refractivity contribution in [1.29, 1.82) is 0 Å². The van der Waals surface area contributed by atoms with Crippen molar-refractivity contribution >= 4 is 57.5 Å². The van der Waals surface area contributed by atoms with Crippen molar-refractivity contribution in [2.45, 2.75) is 6.92 Å². The fourth-order valence-corrected chi connectivity index (χ4v) is 5.50. The number of rotatable bonds is 6. The van der Waals surface area contributed by atoms with Gasteiger partial charge in [-0.3, -0.25) is 9.69 Å². The average Bonchev–Trinajstić information content (AvgIpc) is 3.25. The van der Waals surface area contributed by atoms with Crippen LogP contribution >= 0.6 is 35.7 Å². The maximum Gasteiger partial charge on any atom is 0.336 e. The number of amides is 1. The minimum absolute atomic E-state index is 0.161. The second kappa shape index (κ2) is 8.98. The number of hydrogen-bond acceptors (Lipinski definition) is 6. The molecule has 0 atom stereocenters. The molecule has 2 aliphatic rings. The summed E-state index contributed by atoms with van der Waals surface area (Å²) in [5.41, 5.74) is 1.28. The summed E-state index contributed by atoms with van der Waals surface area (Å²) >= 11 is 8.29. The molecule has 1 N–H and O–H groups in total. The van der Waals surface area contributed by atoms with Crippen molar-refractivity contribution in [1.82, 2.24) is 9.80 Å². The van der Waals surface area contributed by atoms with E-state index in [1.165, 1.54) is 16.7 Å². The van der Waals surface area contributed by atoms with Gasteiger partial charge in [-0.1, -0.05) is 48.3 Å². The third-order valence-corrected chi connectivity index (χ3v) is 6.95. The predicted molar refractivity (Wildman–Crippen MR) is 120 cm³/mol. The van der Waals surface area contributed by atoms with Crippen LogP contribution in [0.15, 0.2) is 52.9 Å². The Hall–Kier alpha value is -2.03. The largest absolute Gasteiger partial charge is 0.478 e. The van der Waals surface area contributed by atoms with Crippen LogP contribution in [0.5, 0.6) is 0 Å². The number of nitrogens with zero attached hydrogens (tertiary/aromatic N) is 2. The van der Waals surface area contributed by atoms with Crippen LogP contribution in [-0.4, -0.2) is 56.5 Å². The minimum atomic E-state index is -1.03. The first-order chi connectivity index (χ1) is 13.5. The molecule has 2 aliphatic heterocycles. The third-order valence-electron chi connectivity index (χ3n) is 4.43. The number of benzene rings is 1. The van der Waals surface area contributed by atoms with E-state index in [1.54, 1.807) is 42.1 Å². The van der Waals surface area contributed by atoms with Crippen LogP contribution in [0.2, 0.25) is 0 Å². The lowest BCUT2D eigenvalue weighted by Crippen LogP contribution is -2.28. The molecule has 5 nitrogen and oxygen atoms in total. The number of carboxylic acids is 1. The molecule has 1 aromatic rings. The Bertz CT molecular complexity index is 908. The molecular formula is C20H20N2O3S3. The molecule has 0 bridgehead atoms. The molecule has 0 aliphatic carbocycles. The quantitative estimate of drug-likeness (QED) is 0.413. The average molecular weight is 433 g/mol. The summed E-state index contributed by atoms with van der Waals surface area (Å²) in [6.07, 6.45) is 3.56. The molecule has 1 aromatic carbocycles. The molecule has 28 heavy (non-hydrogen) atoms. The van der Waals surface area contributed by atoms with E-state index in [2.05, 4.69) is 18.4 Å². The maximum atomic E-state index is 13.0. The molecule has 1 amide bonds. The fraction of sp³-hybridized carbons (Fsp3) is 0.250. The van der Waals surface area contributed by atoms with Crippen LogP contribution in [0, 0.1) is 0 Å². The smallest absolute Gasteiger partial charge is 0.336 e. The molecule has 2 heterocycles. The second-order valence-electron chi connectivity index (χ2n) is 6.08. The van der Waals surface area contributed by atoms with Gasteiger partial charge in [0.25, 0.3) is 5.91 Å². The molecule has 2 saturated heterocycles. The Labute approximate surface area is 178 Å². The van der Waals surface area contributed by atoms with E-state index in [0.717, 1.165) is 23.9 Å². The van der Waals surface area contributed by atoms with Crippen LogP contribution in [0.3, 0.4) is 0 Å². The van der Waals surface area contributed by atoms with Gasteiger partial charge in [0.1, 0.15) is 4.32 Å². The molecule has 0 saturated carbocycles. The first kappa shape index (κ1) is 20.7. The van der Waals surface area contributed by atoms with Crippen LogP contribution in [0.25, 0.3) is 5.57 Å². The first-order valence-electron chi connectivity index (χ1n) is 8.78. The van der Waals surface area contributed by atoms with Crippen molar-refractivity contribution < 1.29 is 14.7 Å². The van der Waals surface area contributed by atoms with E-state index in [9.17, 15) is 14.7 Å². The van der Waals surface area contributed by atoms with Crippen LogP contribution in [0.4, 0.5) is 0 Å². The molecule has 3 rings (SSSR count). The lowest BCUT2D eigenvalue weighted by molar-refractivity contribution is -0.121. The van der Waals surface area contributed by atoms with Crippen molar-refractivity contribution in [3.63, 3.8) is 0 Å². The monoisotopic (exact) mass is 432 g/mol. The topological polar surface area (TPSA) is 60.9 Å². The summed E-state index contributed by atoms with van der Waals surface area (Å²) in [6, 6.07) is 6.76. The summed E-state index contributed by atoms with van der Waals surface area (Å²) in [7, 11) is 0. The van der Waals surface area contributed by atoms with Crippen LogP contribution < -0.4 is 0 Å². The molecular weight excluding hydrogens is 412 g/mol. The number of thioether (sulfide) groups is 2. The van der Waals surface area contributed by atoms with Gasteiger partial charge in [-0.2, -0.15) is 0 Å². The van der Waals surface area contributed by atoms with Crippen LogP contribution in [-0.2, 0) is 4.79 Å². The zero-order chi connectivity index (χ0) is 20.3. The van der Waals surface area contributed by atoms with Crippen LogP contribution in [0.1, 0.15) is 22.8 Å². The van der Waals surface area contributed by atoms with Gasteiger partial charge >= 0.3 is 5.97 Å². The van der Waals surface area contributed by atoms with E-state index in [4.69, 9.17) is 12.2 Å². The van der Waals surface area contributed by atoms with Crippen molar-refractivity contribution in [3.8, 4) is 0 Å². The summed E-state index contributed by atoms with van der Waals surface area (Å²) in [5.74, 6) is -0.280. The number of hydrogen-bond donors (Lipinski definition) is 1. The molecule has 8 heteroatoms. The van der Waals surface area contributed by atoms with Gasteiger partial charge in [0, 0.05) is 31.0 Å². The Balaban J connectivity index is 2.21. The number of aromatic carboxylic acids is 1. The highest BCUT2D eigenvalue weighted by Gasteiger charge is 2.34. The molecule has 0 radical (unpaired) electrons. The zero-order valence-corrected chi connectivity index (χ0v) is 17.8. The highest BCUT2D eigenvalue weighted by molar-refractivity contribution is 8.26. The number of allylic oxidation sites excluding steroid dienone is 2. The highest BCUT2D eigenvalue weighted by Crippen LogP contribution is 2.40. The van der Waals surface area contributed by atoms with E-state index in [0.29, 0.717) is 26.9 Å². The number of thiocarbonyl (C=S) groups is 1. The summed E-state index contributed by atoms with van der Waals surface area (Å²) in [6.45, 7) is 7.87. The molecule has 146 valence electrons. The minimum Gasteiger partial charge on any atom is -0.478 e. The normalized spacial score (nSPS) is 20.2. The van der Waals surface area contributed by atoms with E-state index in [1.807, 2.05) is 6.08 Å². The predicted octanol–water partition coefficient (Wildman–Crippen LogP) is 4.05. The maximum absolute atomic E-state index is 13.0. The molecule has 0 unspecified atom stereocenters. The number of carbonyl (C=O) groups is 2. The first-order valence-corrected chi connectivity index (χ1v) is 11.0. The Kier molecular flexibility index (Phi) is 6.64.